The van der Waals surface area contributed by atoms with Gasteiger partial charge in [-0.1, -0.05) is 24.8 Å². The van der Waals surface area contributed by atoms with Crippen molar-refractivity contribution in [1.29, 1.82) is 0 Å². The first-order valence-corrected chi connectivity index (χ1v) is 4.55. The van der Waals surface area contributed by atoms with Crippen LogP contribution in [0.15, 0.2) is 36.4 Å². The summed E-state index contributed by atoms with van der Waals surface area (Å²) >= 11 is 0. The summed E-state index contributed by atoms with van der Waals surface area (Å²) in [5.74, 6) is 1.01. The van der Waals surface area contributed by atoms with Gasteiger partial charge in [-0.25, -0.2) is 0 Å². The zero-order chi connectivity index (χ0) is 9.47. The number of rotatable bonds is 1. The maximum atomic E-state index is 5.86. The molecule has 0 fully saturated rings. The number of ether oxygens (including phenoxy) is 1. The van der Waals surface area contributed by atoms with E-state index in [0.29, 0.717) is 0 Å². The van der Waals surface area contributed by atoms with E-state index < -0.39 is 0 Å². The van der Waals surface area contributed by atoms with Gasteiger partial charge in [-0.3, -0.25) is 0 Å². The fourth-order valence-corrected chi connectivity index (χ4v) is 1.63. The van der Waals surface area contributed by atoms with Crippen LogP contribution in [0.3, 0.4) is 0 Å². The van der Waals surface area contributed by atoms with Crippen molar-refractivity contribution in [3.05, 3.63) is 42.0 Å². The van der Waals surface area contributed by atoms with Crippen molar-refractivity contribution in [2.45, 2.75) is 25.9 Å². The lowest BCUT2D eigenvalue weighted by molar-refractivity contribution is 0.157. The Kier molecular flexibility index (Phi) is 1.69. The van der Waals surface area contributed by atoms with E-state index in [4.69, 9.17) is 4.74 Å². The molecule has 0 radical (unpaired) electrons. The molecule has 1 aromatic rings. The van der Waals surface area contributed by atoms with E-state index in [1.807, 2.05) is 25.1 Å². The second-order valence-corrected chi connectivity index (χ2v) is 3.90. The molecule has 2 rings (SSSR count). The van der Waals surface area contributed by atoms with Gasteiger partial charge in [0.1, 0.15) is 11.4 Å². The van der Waals surface area contributed by atoms with Gasteiger partial charge in [0.05, 0.1) is 0 Å². The van der Waals surface area contributed by atoms with Crippen LogP contribution in [0.1, 0.15) is 19.4 Å². The quantitative estimate of drug-likeness (QED) is 0.595. The van der Waals surface area contributed by atoms with Crippen LogP contribution < -0.4 is 4.74 Å². The van der Waals surface area contributed by atoms with Crippen molar-refractivity contribution in [1.82, 2.24) is 0 Å². The van der Waals surface area contributed by atoms with Crippen LogP contribution in [0.4, 0.5) is 0 Å². The molecule has 0 saturated carbocycles. The van der Waals surface area contributed by atoms with E-state index in [0.717, 1.165) is 17.7 Å². The SMILES string of the molecule is C=C(C)[C@@]1(C)Cc2ccccc2O1. The van der Waals surface area contributed by atoms with Crippen LogP contribution in [0, 0.1) is 0 Å². The summed E-state index contributed by atoms with van der Waals surface area (Å²) in [5.41, 5.74) is 2.18. The summed E-state index contributed by atoms with van der Waals surface area (Å²) < 4.78 is 5.86. The minimum atomic E-state index is -0.191. The third kappa shape index (κ3) is 1.24. The lowest BCUT2D eigenvalue weighted by Gasteiger charge is -2.23. The molecule has 0 N–H and O–H groups in total. The van der Waals surface area contributed by atoms with Crippen molar-refractivity contribution in [3.8, 4) is 5.75 Å². The van der Waals surface area contributed by atoms with Crippen LogP contribution in [-0.2, 0) is 6.42 Å². The molecule has 0 unspecified atom stereocenters. The molecule has 0 spiro atoms. The highest BCUT2D eigenvalue weighted by atomic mass is 16.5. The first-order chi connectivity index (χ1) is 6.12. The Morgan fingerprint density at radius 2 is 2.15 bits per heavy atom. The average molecular weight is 174 g/mol. The van der Waals surface area contributed by atoms with Crippen molar-refractivity contribution >= 4 is 0 Å². The van der Waals surface area contributed by atoms with Crippen LogP contribution >= 0.6 is 0 Å². The Morgan fingerprint density at radius 3 is 2.77 bits per heavy atom. The summed E-state index contributed by atoms with van der Waals surface area (Å²) in [6.45, 7) is 8.08. The van der Waals surface area contributed by atoms with Crippen LogP contribution in [0.25, 0.3) is 0 Å². The topological polar surface area (TPSA) is 9.23 Å². The number of para-hydroxylation sites is 1. The molecule has 0 saturated heterocycles. The fraction of sp³-hybridized carbons (Fsp3) is 0.333. The molecule has 1 heterocycles. The molecule has 0 aromatic heterocycles. The highest BCUT2D eigenvalue weighted by Gasteiger charge is 2.34. The van der Waals surface area contributed by atoms with Gasteiger partial charge in [-0.2, -0.15) is 0 Å². The normalized spacial score (nSPS) is 25.1. The molecule has 13 heavy (non-hydrogen) atoms. The van der Waals surface area contributed by atoms with Crippen molar-refractivity contribution in [2.75, 3.05) is 0 Å². The van der Waals surface area contributed by atoms with Crippen LogP contribution in [0.2, 0.25) is 0 Å². The molecule has 1 nitrogen and oxygen atoms in total. The lowest BCUT2D eigenvalue weighted by atomic mass is 9.93. The highest BCUT2D eigenvalue weighted by molar-refractivity contribution is 5.41. The summed E-state index contributed by atoms with van der Waals surface area (Å²) in [6, 6.07) is 8.18. The standard InChI is InChI=1S/C12H14O/c1-9(2)12(3)8-10-6-4-5-7-11(10)13-12/h4-7H,1,8H2,2-3H3/t12-/m1/s1. The maximum Gasteiger partial charge on any atom is 0.131 e. The Morgan fingerprint density at radius 1 is 1.46 bits per heavy atom. The molecule has 1 atom stereocenters. The third-order valence-electron chi connectivity index (χ3n) is 2.74. The van der Waals surface area contributed by atoms with Gasteiger partial charge in [0, 0.05) is 6.42 Å². The zero-order valence-corrected chi connectivity index (χ0v) is 8.13. The molecule has 0 bridgehead atoms. The van der Waals surface area contributed by atoms with Crippen molar-refractivity contribution < 1.29 is 4.74 Å². The number of hydrogen-bond acceptors (Lipinski definition) is 1. The first kappa shape index (κ1) is 8.36. The molecule has 0 amide bonds. The highest BCUT2D eigenvalue weighted by Crippen LogP contribution is 2.37. The first-order valence-electron chi connectivity index (χ1n) is 4.55. The van der Waals surface area contributed by atoms with Gasteiger partial charge in [0.15, 0.2) is 0 Å². The fourth-order valence-electron chi connectivity index (χ4n) is 1.63. The number of hydrogen-bond donors (Lipinski definition) is 0. The molecule has 1 aliphatic rings. The molecule has 1 aliphatic heterocycles. The summed E-state index contributed by atoms with van der Waals surface area (Å²) in [7, 11) is 0. The second kappa shape index (κ2) is 2.63. The Hall–Kier alpha value is -1.24. The molecule has 68 valence electrons. The molecular formula is C12H14O. The molecule has 0 aliphatic carbocycles. The minimum Gasteiger partial charge on any atom is -0.483 e. The second-order valence-electron chi connectivity index (χ2n) is 3.90. The third-order valence-corrected chi connectivity index (χ3v) is 2.74. The van der Waals surface area contributed by atoms with Gasteiger partial charge in [-0.05, 0) is 31.1 Å². The molecule has 1 aromatic carbocycles. The Labute approximate surface area is 79.0 Å². The maximum absolute atomic E-state index is 5.86. The minimum absolute atomic E-state index is 0.191. The zero-order valence-electron chi connectivity index (χ0n) is 8.13. The molecule has 1 heteroatoms. The van der Waals surface area contributed by atoms with E-state index in [-0.39, 0.29) is 5.60 Å². The van der Waals surface area contributed by atoms with Gasteiger partial charge in [-0.15, -0.1) is 0 Å². The van der Waals surface area contributed by atoms with Crippen molar-refractivity contribution in [3.63, 3.8) is 0 Å². The summed E-state index contributed by atoms with van der Waals surface area (Å²) in [5, 5.41) is 0. The van der Waals surface area contributed by atoms with Gasteiger partial charge in [0.2, 0.25) is 0 Å². The largest absolute Gasteiger partial charge is 0.483 e. The monoisotopic (exact) mass is 174 g/mol. The smallest absolute Gasteiger partial charge is 0.131 e. The predicted molar refractivity (Wildman–Crippen MR) is 54.0 cm³/mol. The van der Waals surface area contributed by atoms with E-state index in [9.17, 15) is 0 Å². The van der Waals surface area contributed by atoms with Gasteiger partial charge >= 0.3 is 0 Å². The van der Waals surface area contributed by atoms with Crippen LogP contribution in [-0.4, -0.2) is 5.60 Å². The predicted octanol–water partition coefficient (Wildman–Crippen LogP) is 2.96. The average Bonchev–Trinajstić information content (AvgIpc) is 2.42. The lowest BCUT2D eigenvalue weighted by Crippen LogP contribution is -2.30. The van der Waals surface area contributed by atoms with Crippen molar-refractivity contribution in [2.24, 2.45) is 0 Å². The molecular weight excluding hydrogens is 160 g/mol. The number of benzene rings is 1. The van der Waals surface area contributed by atoms with Crippen LogP contribution in [0.5, 0.6) is 5.75 Å². The van der Waals surface area contributed by atoms with E-state index >= 15 is 0 Å². The van der Waals surface area contributed by atoms with E-state index in [1.165, 1.54) is 5.56 Å². The van der Waals surface area contributed by atoms with Gasteiger partial charge in [0.25, 0.3) is 0 Å². The summed E-state index contributed by atoms with van der Waals surface area (Å²) in [6.07, 6.45) is 0.943. The van der Waals surface area contributed by atoms with Gasteiger partial charge < -0.3 is 4.74 Å². The van der Waals surface area contributed by atoms with E-state index in [2.05, 4.69) is 19.6 Å². The Bertz CT molecular complexity index is 327. The van der Waals surface area contributed by atoms with E-state index in [1.54, 1.807) is 0 Å². The summed E-state index contributed by atoms with van der Waals surface area (Å²) in [4.78, 5) is 0. The number of fused-ring (bicyclic) bond motifs is 1. The Balaban J connectivity index is 2.37.